The molecule has 1 aliphatic heterocycles. The number of allylic oxidation sites excluding steroid dienone is 2. The molecule has 2 aliphatic rings. The molecule has 0 amide bonds. The highest BCUT2D eigenvalue weighted by atomic mass is 32.2. The lowest BCUT2D eigenvalue weighted by atomic mass is 9.89. The second-order valence-corrected chi connectivity index (χ2v) is 9.93. The number of hydrogen-bond acceptors (Lipinski definition) is 7. The van der Waals surface area contributed by atoms with Crippen LogP contribution in [0.3, 0.4) is 0 Å². The van der Waals surface area contributed by atoms with Gasteiger partial charge in [0.15, 0.2) is 0 Å². The molecule has 0 aromatic heterocycles. The van der Waals surface area contributed by atoms with Gasteiger partial charge in [-0.1, -0.05) is 77.5 Å². The number of nitrogens with zero attached hydrogens (tertiary/aromatic N) is 3. The number of benzene rings is 2. The molecular weight excluding hydrogens is 480 g/mol. The lowest BCUT2D eigenvalue weighted by Gasteiger charge is -2.28. The first-order valence-electron chi connectivity index (χ1n) is 12.5. The second-order valence-electron chi connectivity index (χ2n) is 8.71. The van der Waals surface area contributed by atoms with Crippen LogP contribution in [0.1, 0.15) is 34.6 Å². The molecule has 0 saturated carbocycles. The molecule has 2 N–H and O–H groups in total. The first-order chi connectivity index (χ1) is 18.2. The average molecular weight is 521 g/mol. The predicted octanol–water partition coefficient (Wildman–Crippen LogP) is 5.18. The van der Waals surface area contributed by atoms with Gasteiger partial charge < -0.3 is 15.4 Å². The minimum Gasteiger partial charge on any atom is -0.342 e. The zero-order valence-corrected chi connectivity index (χ0v) is 23.0. The smallest absolute Gasteiger partial charge is 0.224 e. The minimum absolute atomic E-state index is 0.451. The van der Waals surface area contributed by atoms with Crippen molar-refractivity contribution in [1.29, 1.82) is 0 Å². The summed E-state index contributed by atoms with van der Waals surface area (Å²) < 4.78 is 0. The molecule has 0 spiro atoms. The third-order valence-corrected chi connectivity index (χ3v) is 7.08. The van der Waals surface area contributed by atoms with Crippen molar-refractivity contribution >= 4 is 31.2 Å². The molecule has 1 unspecified atom stereocenters. The number of carbonyl (C=O) groups is 1. The number of thioether (sulfide) groups is 1. The van der Waals surface area contributed by atoms with Crippen molar-refractivity contribution in [1.82, 2.24) is 4.90 Å². The Labute approximate surface area is 226 Å². The molecule has 0 bridgehead atoms. The maximum atomic E-state index is 8.00. The molecule has 6 nitrogen and oxygen atoms in total. The molecule has 1 heterocycles. The Hall–Kier alpha value is -3.00. The summed E-state index contributed by atoms with van der Waals surface area (Å²) in [6, 6.07) is 17.2. The van der Waals surface area contributed by atoms with Crippen molar-refractivity contribution in [2.75, 3.05) is 38.2 Å². The number of aryl methyl sites for hydroxylation is 1. The fourth-order valence-electron chi connectivity index (χ4n) is 4.23. The predicted molar refractivity (Wildman–Crippen MR) is 159 cm³/mol. The van der Waals surface area contributed by atoms with Gasteiger partial charge in [0, 0.05) is 43.8 Å². The van der Waals surface area contributed by atoms with Crippen LogP contribution >= 0.6 is 11.8 Å². The van der Waals surface area contributed by atoms with Crippen molar-refractivity contribution in [3.63, 3.8) is 0 Å². The number of nitrogens with two attached hydrogens (primary N) is 1. The SMILES string of the molecule is C=NOC(Cc1ccc(C)cc1)=NCc1ccc(C2C=C(CN3CCSCC3)C=CC2)cc1.C=O.CN. The van der Waals surface area contributed by atoms with E-state index in [4.69, 9.17) is 9.63 Å². The summed E-state index contributed by atoms with van der Waals surface area (Å²) in [6.07, 6.45) is 8.77. The van der Waals surface area contributed by atoms with Gasteiger partial charge in [-0.05, 0) is 42.7 Å². The Balaban J connectivity index is 0.00000115. The molecular formula is C30H40N4O2S. The van der Waals surface area contributed by atoms with E-state index >= 15 is 0 Å². The molecule has 4 rings (SSSR count). The second kappa shape index (κ2) is 17.5. The van der Waals surface area contributed by atoms with Gasteiger partial charge in [-0.15, -0.1) is 0 Å². The summed E-state index contributed by atoms with van der Waals surface area (Å²) in [7, 11) is 1.50. The Morgan fingerprint density at radius 3 is 2.35 bits per heavy atom. The summed E-state index contributed by atoms with van der Waals surface area (Å²) in [6.45, 7) is 11.6. The lowest BCUT2D eigenvalue weighted by Crippen LogP contribution is -2.34. The van der Waals surface area contributed by atoms with Crippen LogP contribution in [0.2, 0.25) is 0 Å². The van der Waals surface area contributed by atoms with Crippen LogP contribution < -0.4 is 5.73 Å². The maximum Gasteiger partial charge on any atom is 0.224 e. The quantitative estimate of drug-likeness (QED) is 0.295. The van der Waals surface area contributed by atoms with Gasteiger partial charge in [-0.2, -0.15) is 11.8 Å². The fraction of sp³-hybridized carbons (Fsp3) is 0.367. The van der Waals surface area contributed by atoms with E-state index in [1.807, 2.05) is 6.79 Å². The summed E-state index contributed by atoms with van der Waals surface area (Å²) in [5, 5.41) is 3.59. The molecule has 7 heteroatoms. The van der Waals surface area contributed by atoms with Crippen LogP contribution in [0.5, 0.6) is 0 Å². The zero-order chi connectivity index (χ0) is 26.9. The van der Waals surface area contributed by atoms with Crippen LogP contribution in [-0.4, -0.2) is 62.5 Å². The van der Waals surface area contributed by atoms with E-state index in [-0.39, 0.29) is 0 Å². The van der Waals surface area contributed by atoms with E-state index in [9.17, 15) is 0 Å². The molecule has 2 aromatic rings. The summed E-state index contributed by atoms with van der Waals surface area (Å²) in [5.41, 5.74) is 10.9. The van der Waals surface area contributed by atoms with Gasteiger partial charge in [0.05, 0.1) is 13.0 Å². The van der Waals surface area contributed by atoms with Crippen LogP contribution in [0.25, 0.3) is 0 Å². The van der Waals surface area contributed by atoms with Crippen molar-refractivity contribution in [3.05, 3.63) is 94.6 Å². The highest BCUT2D eigenvalue weighted by Gasteiger charge is 2.16. The lowest BCUT2D eigenvalue weighted by molar-refractivity contribution is -0.0979. The minimum atomic E-state index is 0.451. The molecule has 2 aromatic carbocycles. The van der Waals surface area contributed by atoms with Gasteiger partial charge in [-0.3, -0.25) is 4.90 Å². The Kier molecular flexibility index (Phi) is 14.3. The average Bonchev–Trinajstić information content (AvgIpc) is 2.96. The molecule has 1 fully saturated rings. The number of carbonyl (C=O) groups excluding carboxylic acids is 1. The Bertz CT molecular complexity index is 1030. The van der Waals surface area contributed by atoms with E-state index in [0.717, 1.165) is 24.1 Å². The summed E-state index contributed by atoms with van der Waals surface area (Å²) >= 11 is 2.06. The Morgan fingerprint density at radius 2 is 1.70 bits per heavy atom. The highest BCUT2D eigenvalue weighted by molar-refractivity contribution is 7.99. The van der Waals surface area contributed by atoms with E-state index in [1.165, 1.54) is 48.3 Å². The van der Waals surface area contributed by atoms with Crippen molar-refractivity contribution in [3.8, 4) is 0 Å². The van der Waals surface area contributed by atoms with E-state index in [0.29, 0.717) is 24.8 Å². The van der Waals surface area contributed by atoms with E-state index < -0.39 is 0 Å². The monoisotopic (exact) mass is 520 g/mol. The van der Waals surface area contributed by atoms with Crippen molar-refractivity contribution < 1.29 is 9.63 Å². The van der Waals surface area contributed by atoms with Gasteiger partial charge in [0.2, 0.25) is 5.90 Å². The molecule has 1 atom stereocenters. The normalized spacial score (nSPS) is 17.4. The van der Waals surface area contributed by atoms with Crippen molar-refractivity contribution in [2.45, 2.75) is 32.2 Å². The largest absolute Gasteiger partial charge is 0.342 e. The van der Waals surface area contributed by atoms with Gasteiger partial charge in [0.1, 0.15) is 6.79 Å². The number of rotatable bonds is 8. The fourth-order valence-corrected chi connectivity index (χ4v) is 5.20. The first kappa shape index (κ1) is 30.2. The van der Waals surface area contributed by atoms with E-state index in [1.54, 1.807) is 0 Å². The molecule has 0 radical (unpaired) electrons. The van der Waals surface area contributed by atoms with Crippen LogP contribution in [0, 0.1) is 6.92 Å². The van der Waals surface area contributed by atoms with Crippen LogP contribution in [0.4, 0.5) is 0 Å². The van der Waals surface area contributed by atoms with E-state index in [2.05, 4.69) is 113 Å². The van der Waals surface area contributed by atoms with Crippen LogP contribution in [-0.2, 0) is 22.6 Å². The van der Waals surface area contributed by atoms with Gasteiger partial charge in [0.25, 0.3) is 0 Å². The third kappa shape index (κ3) is 10.5. The topological polar surface area (TPSA) is 80.3 Å². The first-order valence-corrected chi connectivity index (χ1v) is 13.7. The number of oxime groups is 1. The van der Waals surface area contributed by atoms with Gasteiger partial charge in [-0.25, -0.2) is 4.99 Å². The van der Waals surface area contributed by atoms with Crippen molar-refractivity contribution in [2.24, 2.45) is 15.9 Å². The summed E-state index contributed by atoms with van der Waals surface area (Å²) in [4.78, 5) is 20.6. The number of aliphatic imine (C=N–C) groups is 1. The number of hydrogen-bond donors (Lipinski definition) is 1. The molecule has 1 saturated heterocycles. The molecule has 198 valence electrons. The summed E-state index contributed by atoms with van der Waals surface area (Å²) in [5.74, 6) is 3.54. The van der Waals surface area contributed by atoms with Gasteiger partial charge >= 0.3 is 0 Å². The zero-order valence-electron chi connectivity index (χ0n) is 22.1. The third-order valence-electron chi connectivity index (χ3n) is 6.14. The van der Waals surface area contributed by atoms with Crippen LogP contribution in [0.15, 0.2) is 82.5 Å². The Morgan fingerprint density at radius 1 is 1.05 bits per heavy atom. The maximum absolute atomic E-state index is 8.00. The highest BCUT2D eigenvalue weighted by Crippen LogP contribution is 2.28. The molecule has 37 heavy (non-hydrogen) atoms. The standard InChI is InChI=1S/C28H33N3OS.CH5N.CH2O/c1-22-6-8-23(9-7-22)19-28(32-29-2)30-20-24-10-12-26(13-11-24)27-5-3-4-25(18-27)21-31-14-16-33-17-15-31;2*1-2/h3-4,6-13,18,27H,2,5,14-17,19-21H2,1H3;2H2,1H3;1H2. The molecule has 1 aliphatic carbocycles.